The summed E-state index contributed by atoms with van der Waals surface area (Å²) in [7, 11) is 0. The minimum Gasteiger partial charge on any atom is -0.351 e. The second kappa shape index (κ2) is 7.58. The van der Waals surface area contributed by atoms with Gasteiger partial charge in [-0.25, -0.2) is 0 Å². The summed E-state index contributed by atoms with van der Waals surface area (Å²) in [5.74, 6) is 0.703. The summed E-state index contributed by atoms with van der Waals surface area (Å²) in [6, 6.07) is 12.8. The number of hydrogen-bond donors (Lipinski definition) is 2. The number of amides is 1. The van der Waals surface area contributed by atoms with Gasteiger partial charge in [0.1, 0.15) is 5.54 Å². The molecule has 6 heteroatoms. The predicted molar refractivity (Wildman–Crippen MR) is 99.9 cm³/mol. The van der Waals surface area contributed by atoms with E-state index in [9.17, 15) is 4.79 Å². The molecule has 5 nitrogen and oxygen atoms in total. The molecule has 1 saturated heterocycles. The van der Waals surface area contributed by atoms with Gasteiger partial charge in [-0.2, -0.15) is 5.10 Å². The lowest BCUT2D eigenvalue weighted by Gasteiger charge is -2.41. The number of piperidine rings is 1. The molecule has 2 heterocycles. The molecular formula is C19H25ClN4O. The molecular weight excluding hydrogens is 336 g/mol. The number of nitrogens with one attached hydrogen (secondary N) is 2. The lowest BCUT2D eigenvalue weighted by Crippen LogP contribution is -2.58. The third kappa shape index (κ3) is 3.44. The Bertz CT molecular complexity index is 677. The first-order chi connectivity index (χ1) is 11.8. The number of carbonyl (C=O) groups excluding carboxylic acids is 1. The van der Waals surface area contributed by atoms with E-state index < -0.39 is 5.54 Å². The lowest BCUT2D eigenvalue weighted by molar-refractivity contribution is -0.133. The fourth-order valence-corrected chi connectivity index (χ4v) is 3.98. The second-order valence-electron chi connectivity index (χ2n) is 6.98. The highest BCUT2D eigenvalue weighted by Gasteiger charge is 2.44. The lowest BCUT2D eigenvalue weighted by atomic mass is 9.75. The predicted octanol–water partition coefficient (Wildman–Crippen LogP) is 2.45. The largest absolute Gasteiger partial charge is 0.351 e. The van der Waals surface area contributed by atoms with E-state index in [1.165, 1.54) is 5.56 Å². The summed E-state index contributed by atoms with van der Waals surface area (Å²) in [5, 5.41) is 11.0. The fraction of sp³-hybridized carbons (Fsp3) is 0.474. The Morgan fingerprint density at radius 1 is 1.16 bits per heavy atom. The molecule has 2 aliphatic rings. The van der Waals surface area contributed by atoms with Crippen LogP contribution < -0.4 is 10.6 Å². The van der Waals surface area contributed by atoms with Crippen LogP contribution in [0.2, 0.25) is 0 Å². The molecule has 1 amide bonds. The van der Waals surface area contributed by atoms with Gasteiger partial charge in [0.15, 0.2) is 0 Å². The maximum absolute atomic E-state index is 13.1. The summed E-state index contributed by atoms with van der Waals surface area (Å²) in [6.07, 6.45) is 7.31. The van der Waals surface area contributed by atoms with Crippen LogP contribution in [-0.4, -0.2) is 34.8 Å². The minimum atomic E-state index is -0.535. The summed E-state index contributed by atoms with van der Waals surface area (Å²) in [4.78, 5) is 13.1. The van der Waals surface area contributed by atoms with Crippen LogP contribution in [0.25, 0.3) is 0 Å². The fourth-order valence-electron chi connectivity index (χ4n) is 3.98. The molecule has 2 N–H and O–H groups in total. The summed E-state index contributed by atoms with van der Waals surface area (Å²) in [5.41, 5.74) is 0.846. The zero-order chi connectivity index (χ0) is 16.4. The highest BCUT2D eigenvalue weighted by Crippen LogP contribution is 2.37. The summed E-state index contributed by atoms with van der Waals surface area (Å²) < 4.78 is 1.86. The van der Waals surface area contributed by atoms with Crippen LogP contribution >= 0.6 is 12.4 Å². The molecule has 134 valence electrons. The van der Waals surface area contributed by atoms with E-state index in [-0.39, 0.29) is 24.4 Å². The van der Waals surface area contributed by atoms with Crippen LogP contribution in [0, 0.1) is 0 Å². The maximum Gasteiger partial charge on any atom is 0.248 e. The monoisotopic (exact) mass is 360 g/mol. The zero-order valence-electron chi connectivity index (χ0n) is 14.2. The smallest absolute Gasteiger partial charge is 0.248 e. The molecule has 25 heavy (non-hydrogen) atoms. The number of halogens is 1. The van der Waals surface area contributed by atoms with Crippen LogP contribution in [-0.2, 0) is 10.3 Å². The average Bonchev–Trinajstić information content (AvgIpc) is 3.14. The number of carbonyl (C=O) groups is 1. The van der Waals surface area contributed by atoms with Crippen LogP contribution in [0.3, 0.4) is 0 Å². The normalized spacial score (nSPS) is 24.6. The van der Waals surface area contributed by atoms with Crippen molar-refractivity contribution in [3.05, 3.63) is 54.4 Å². The molecule has 1 aliphatic heterocycles. The van der Waals surface area contributed by atoms with Crippen molar-refractivity contribution in [3.8, 4) is 0 Å². The Hall–Kier alpha value is -1.85. The molecule has 0 unspecified atom stereocenters. The van der Waals surface area contributed by atoms with Gasteiger partial charge in [0, 0.05) is 18.4 Å². The maximum atomic E-state index is 13.1. The van der Waals surface area contributed by atoms with Gasteiger partial charge in [-0.05, 0) is 56.3 Å². The first kappa shape index (κ1) is 18.0. The van der Waals surface area contributed by atoms with E-state index in [2.05, 4.69) is 40.0 Å². The molecule has 1 saturated carbocycles. The van der Waals surface area contributed by atoms with Crippen LogP contribution in [0.1, 0.15) is 37.2 Å². The number of rotatable bonds is 4. The number of nitrogens with zero attached hydrogens (tertiary/aromatic N) is 2. The highest BCUT2D eigenvalue weighted by molar-refractivity contribution is 5.85. The average molecular weight is 361 g/mol. The Labute approximate surface area is 154 Å². The number of benzene rings is 1. The molecule has 1 aromatic carbocycles. The number of hydrogen-bond acceptors (Lipinski definition) is 3. The van der Waals surface area contributed by atoms with Gasteiger partial charge < -0.3 is 10.6 Å². The van der Waals surface area contributed by atoms with Gasteiger partial charge in [-0.15, -0.1) is 12.4 Å². The molecule has 1 aromatic heterocycles. The van der Waals surface area contributed by atoms with E-state index in [0.29, 0.717) is 5.92 Å². The minimum absolute atomic E-state index is 0. The molecule has 0 atom stereocenters. The van der Waals surface area contributed by atoms with Crippen LogP contribution in [0.4, 0.5) is 0 Å². The van der Waals surface area contributed by atoms with E-state index in [0.717, 1.165) is 38.8 Å². The Morgan fingerprint density at radius 3 is 2.52 bits per heavy atom. The van der Waals surface area contributed by atoms with Crippen molar-refractivity contribution in [2.24, 2.45) is 0 Å². The molecule has 0 spiro atoms. The van der Waals surface area contributed by atoms with E-state index in [1.807, 2.05) is 23.0 Å². The molecule has 2 aromatic rings. The summed E-state index contributed by atoms with van der Waals surface area (Å²) in [6.45, 7) is 1.70. The number of aromatic nitrogens is 2. The van der Waals surface area contributed by atoms with Crippen LogP contribution in [0.15, 0.2) is 48.8 Å². The van der Waals surface area contributed by atoms with Crippen molar-refractivity contribution >= 4 is 18.3 Å². The van der Waals surface area contributed by atoms with Crippen molar-refractivity contribution in [3.63, 3.8) is 0 Å². The molecule has 4 rings (SSSR count). The Morgan fingerprint density at radius 2 is 1.88 bits per heavy atom. The van der Waals surface area contributed by atoms with Gasteiger partial charge in [0.25, 0.3) is 0 Å². The van der Waals surface area contributed by atoms with E-state index in [4.69, 9.17) is 0 Å². The van der Waals surface area contributed by atoms with Gasteiger partial charge in [-0.3, -0.25) is 9.48 Å². The first-order valence-corrected chi connectivity index (χ1v) is 8.85. The molecule has 2 fully saturated rings. The quantitative estimate of drug-likeness (QED) is 0.880. The zero-order valence-corrected chi connectivity index (χ0v) is 15.0. The van der Waals surface area contributed by atoms with Gasteiger partial charge >= 0.3 is 0 Å². The van der Waals surface area contributed by atoms with Gasteiger partial charge in [-0.1, -0.05) is 30.3 Å². The van der Waals surface area contributed by atoms with Crippen molar-refractivity contribution in [2.45, 2.75) is 43.2 Å². The standard InChI is InChI=1S/C19H24N4O.ClH/c24-18(19(7-10-20-11-8-19)23-12-4-9-21-23)22-17-13-16(14-17)15-5-2-1-3-6-15;/h1-6,9,12,16-17,20H,7-8,10-11,13-14H2,(H,22,24);1H. The third-order valence-electron chi connectivity index (χ3n) is 5.54. The van der Waals surface area contributed by atoms with Gasteiger partial charge in [0.05, 0.1) is 0 Å². The first-order valence-electron chi connectivity index (χ1n) is 8.85. The summed E-state index contributed by atoms with van der Waals surface area (Å²) >= 11 is 0. The highest BCUT2D eigenvalue weighted by atomic mass is 35.5. The van der Waals surface area contributed by atoms with E-state index >= 15 is 0 Å². The Balaban J connectivity index is 0.00000182. The topological polar surface area (TPSA) is 59.0 Å². The van der Waals surface area contributed by atoms with Crippen LogP contribution in [0.5, 0.6) is 0 Å². The second-order valence-corrected chi connectivity index (χ2v) is 6.98. The van der Waals surface area contributed by atoms with Gasteiger partial charge in [0.2, 0.25) is 5.91 Å². The SMILES string of the molecule is Cl.O=C(NC1CC(c2ccccc2)C1)C1(n2cccn2)CCNCC1. The molecule has 0 bridgehead atoms. The van der Waals surface area contributed by atoms with Crippen molar-refractivity contribution in [1.29, 1.82) is 0 Å². The van der Waals surface area contributed by atoms with Crippen molar-refractivity contribution in [1.82, 2.24) is 20.4 Å². The molecule has 1 aliphatic carbocycles. The molecule has 0 radical (unpaired) electrons. The van der Waals surface area contributed by atoms with E-state index in [1.54, 1.807) is 6.20 Å². The van der Waals surface area contributed by atoms with Crippen molar-refractivity contribution in [2.75, 3.05) is 13.1 Å². The Kier molecular flexibility index (Phi) is 5.45. The van der Waals surface area contributed by atoms with Crippen molar-refractivity contribution < 1.29 is 4.79 Å². The third-order valence-corrected chi connectivity index (χ3v) is 5.54.